The fraction of sp³-hybridized carbons (Fsp3) is 0.750. The highest BCUT2D eigenvalue weighted by Gasteiger charge is 2.54. The van der Waals surface area contributed by atoms with E-state index >= 15 is 0 Å². The Balaban J connectivity index is 1.61. The van der Waals surface area contributed by atoms with Gasteiger partial charge in [0.1, 0.15) is 0 Å². The molecule has 1 unspecified atom stereocenters. The summed E-state index contributed by atoms with van der Waals surface area (Å²) in [6.07, 6.45) is 3.27. The maximum Gasteiger partial charge on any atom is 0.260 e. The van der Waals surface area contributed by atoms with Gasteiger partial charge in [0.15, 0.2) is 5.67 Å². The van der Waals surface area contributed by atoms with Gasteiger partial charge >= 0.3 is 0 Å². The van der Waals surface area contributed by atoms with E-state index in [0.717, 1.165) is 30.9 Å². The highest BCUT2D eigenvalue weighted by atomic mass is 19.1. The van der Waals surface area contributed by atoms with Crippen molar-refractivity contribution in [3.8, 4) is 0 Å². The molecule has 3 aliphatic rings. The Morgan fingerprint density at radius 1 is 1.39 bits per heavy atom. The predicted octanol–water partition coefficient (Wildman–Crippen LogP) is 0.680. The number of alkyl halides is 1. The molecule has 0 bridgehead atoms. The van der Waals surface area contributed by atoms with E-state index < -0.39 is 5.67 Å². The number of fused-ring (bicyclic) bond motifs is 1. The quantitative estimate of drug-likeness (QED) is 0.821. The molecule has 4 rings (SSSR count). The third-order valence-corrected chi connectivity index (χ3v) is 5.24. The number of rotatable bonds is 3. The van der Waals surface area contributed by atoms with Crippen LogP contribution >= 0.6 is 0 Å². The highest BCUT2D eigenvalue weighted by molar-refractivity contribution is 5.88. The zero-order valence-electron chi connectivity index (χ0n) is 13.5. The van der Waals surface area contributed by atoms with Gasteiger partial charge in [-0.15, -0.1) is 0 Å². The van der Waals surface area contributed by atoms with E-state index in [4.69, 9.17) is 4.74 Å². The number of hydrogen-bond donors (Lipinski definition) is 0. The molecule has 2 aliphatic heterocycles. The van der Waals surface area contributed by atoms with Crippen molar-refractivity contribution in [1.29, 1.82) is 0 Å². The number of carbonyl (C=O) groups excluding carboxylic acids is 1. The standard InChI is InChI=1S/C16H23FN4O2/c1-19-11-18-14-12(19)2-5-21(15(22)16(17)3-4-16)13(14)10-20-6-8-23-9-7-20/h11,13H,2-10H2,1H3. The molecule has 1 atom stereocenters. The van der Waals surface area contributed by atoms with Crippen LogP contribution in [0.5, 0.6) is 0 Å². The van der Waals surface area contributed by atoms with E-state index in [1.54, 1.807) is 11.2 Å². The number of aryl methyl sites for hydroxylation is 1. The Bertz CT molecular complexity index is 607. The number of morpholine rings is 1. The van der Waals surface area contributed by atoms with Crippen LogP contribution in [-0.4, -0.2) is 70.3 Å². The second-order valence-corrected chi connectivity index (χ2v) is 6.83. The number of amides is 1. The topological polar surface area (TPSA) is 50.6 Å². The van der Waals surface area contributed by atoms with E-state index in [1.807, 2.05) is 11.6 Å². The van der Waals surface area contributed by atoms with Gasteiger partial charge in [-0.1, -0.05) is 0 Å². The van der Waals surface area contributed by atoms with Crippen molar-refractivity contribution >= 4 is 5.91 Å². The van der Waals surface area contributed by atoms with Gasteiger partial charge in [0.05, 0.1) is 31.3 Å². The second kappa shape index (κ2) is 5.56. The molecule has 126 valence electrons. The molecule has 1 saturated carbocycles. The van der Waals surface area contributed by atoms with Crippen LogP contribution in [0.15, 0.2) is 6.33 Å². The SMILES string of the molecule is Cn1cnc2c1CCN(C(=O)C1(F)CC1)C2CN1CCOCC1. The van der Waals surface area contributed by atoms with Crippen molar-refractivity contribution in [2.75, 3.05) is 39.4 Å². The molecule has 3 heterocycles. The minimum absolute atomic E-state index is 0.154. The van der Waals surface area contributed by atoms with Gasteiger partial charge in [0.2, 0.25) is 0 Å². The lowest BCUT2D eigenvalue weighted by atomic mass is 10.0. The first-order valence-corrected chi connectivity index (χ1v) is 8.39. The van der Waals surface area contributed by atoms with E-state index in [9.17, 15) is 9.18 Å². The molecule has 7 heteroatoms. The lowest BCUT2D eigenvalue weighted by Gasteiger charge is -2.39. The van der Waals surface area contributed by atoms with Crippen LogP contribution in [-0.2, 0) is 23.0 Å². The maximum atomic E-state index is 14.4. The summed E-state index contributed by atoms with van der Waals surface area (Å²) < 4.78 is 21.8. The number of ether oxygens (including phenoxy) is 1. The molecule has 6 nitrogen and oxygen atoms in total. The molecular formula is C16H23FN4O2. The first-order chi connectivity index (χ1) is 11.1. The van der Waals surface area contributed by atoms with Crippen LogP contribution in [0, 0.1) is 0 Å². The molecule has 0 aromatic carbocycles. The van der Waals surface area contributed by atoms with Crippen molar-refractivity contribution in [1.82, 2.24) is 19.4 Å². The number of nitrogens with zero attached hydrogens (tertiary/aromatic N) is 4. The molecule has 0 radical (unpaired) electrons. The normalized spacial score (nSPS) is 26.9. The Morgan fingerprint density at radius 3 is 2.83 bits per heavy atom. The minimum atomic E-state index is -1.62. The third-order valence-electron chi connectivity index (χ3n) is 5.24. The monoisotopic (exact) mass is 322 g/mol. The van der Waals surface area contributed by atoms with Gasteiger partial charge in [-0.3, -0.25) is 9.69 Å². The van der Waals surface area contributed by atoms with Crippen molar-refractivity contribution in [2.45, 2.75) is 31.0 Å². The van der Waals surface area contributed by atoms with Gasteiger partial charge in [0.25, 0.3) is 5.91 Å². The summed E-state index contributed by atoms with van der Waals surface area (Å²) in [5.41, 5.74) is 0.481. The number of imidazole rings is 1. The summed E-state index contributed by atoms with van der Waals surface area (Å²) in [5, 5.41) is 0. The lowest BCUT2D eigenvalue weighted by molar-refractivity contribution is -0.142. The Labute approximate surface area is 135 Å². The molecule has 0 N–H and O–H groups in total. The predicted molar refractivity (Wildman–Crippen MR) is 81.7 cm³/mol. The Hall–Kier alpha value is -1.47. The van der Waals surface area contributed by atoms with Crippen molar-refractivity contribution in [3.63, 3.8) is 0 Å². The first-order valence-electron chi connectivity index (χ1n) is 8.39. The van der Waals surface area contributed by atoms with Gasteiger partial charge in [-0.25, -0.2) is 9.37 Å². The van der Waals surface area contributed by atoms with Gasteiger partial charge in [-0.05, 0) is 12.8 Å². The lowest BCUT2D eigenvalue weighted by Crippen LogP contribution is -2.50. The number of halogens is 1. The highest BCUT2D eigenvalue weighted by Crippen LogP contribution is 2.44. The van der Waals surface area contributed by atoms with Gasteiger partial charge in [0, 0.05) is 45.3 Å². The van der Waals surface area contributed by atoms with Crippen molar-refractivity contribution in [2.24, 2.45) is 7.05 Å². The molecule has 23 heavy (non-hydrogen) atoms. The van der Waals surface area contributed by atoms with Crippen LogP contribution < -0.4 is 0 Å². The molecule has 1 saturated heterocycles. The smallest absolute Gasteiger partial charge is 0.260 e. The molecule has 1 aromatic rings. The molecule has 1 amide bonds. The number of hydrogen-bond acceptors (Lipinski definition) is 4. The maximum absolute atomic E-state index is 14.4. The van der Waals surface area contributed by atoms with Crippen LogP contribution in [0.3, 0.4) is 0 Å². The summed E-state index contributed by atoms with van der Waals surface area (Å²) in [7, 11) is 1.98. The second-order valence-electron chi connectivity index (χ2n) is 6.83. The summed E-state index contributed by atoms with van der Waals surface area (Å²) in [6.45, 7) is 4.40. The summed E-state index contributed by atoms with van der Waals surface area (Å²) in [4.78, 5) is 21.2. The molecular weight excluding hydrogens is 299 g/mol. The zero-order valence-corrected chi connectivity index (χ0v) is 13.5. The zero-order chi connectivity index (χ0) is 16.0. The van der Waals surface area contributed by atoms with Crippen molar-refractivity contribution < 1.29 is 13.9 Å². The minimum Gasteiger partial charge on any atom is -0.379 e. The van der Waals surface area contributed by atoms with Crippen LogP contribution in [0.1, 0.15) is 30.3 Å². The van der Waals surface area contributed by atoms with Crippen molar-refractivity contribution in [3.05, 3.63) is 17.7 Å². The number of carbonyl (C=O) groups is 1. The van der Waals surface area contributed by atoms with E-state index in [-0.39, 0.29) is 11.9 Å². The molecule has 0 spiro atoms. The van der Waals surface area contributed by atoms with E-state index in [1.165, 1.54) is 0 Å². The van der Waals surface area contributed by atoms with E-state index in [2.05, 4.69) is 9.88 Å². The molecule has 2 fully saturated rings. The van der Waals surface area contributed by atoms with Crippen LogP contribution in [0.25, 0.3) is 0 Å². The average Bonchev–Trinajstić information content (AvgIpc) is 3.21. The molecule has 1 aliphatic carbocycles. The van der Waals surface area contributed by atoms with E-state index in [0.29, 0.717) is 39.1 Å². The Kier molecular flexibility index (Phi) is 3.65. The summed E-state index contributed by atoms with van der Waals surface area (Å²) >= 11 is 0. The molecule has 1 aromatic heterocycles. The average molecular weight is 322 g/mol. The van der Waals surface area contributed by atoms with Crippen LogP contribution in [0.4, 0.5) is 4.39 Å². The fourth-order valence-corrected chi connectivity index (χ4v) is 3.62. The van der Waals surface area contributed by atoms with Crippen LogP contribution in [0.2, 0.25) is 0 Å². The van der Waals surface area contributed by atoms with Gasteiger partial charge < -0.3 is 14.2 Å². The summed E-state index contributed by atoms with van der Waals surface area (Å²) in [6, 6.07) is -0.154. The Morgan fingerprint density at radius 2 is 2.13 bits per heavy atom. The summed E-state index contributed by atoms with van der Waals surface area (Å²) in [5.74, 6) is -0.341. The number of aromatic nitrogens is 2. The third kappa shape index (κ3) is 2.65. The van der Waals surface area contributed by atoms with Gasteiger partial charge in [-0.2, -0.15) is 0 Å². The largest absolute Gasteiger partial charge is 0.379 e. The fourth-order valence-electron chi connectivity index (χ4n) is 3.62. The first kappa shape index (κ1) is 15.1.